The summed E-state index contributed by atoms with van der Waals surface area (Å²) in [4.78, 5) is 10.7. The van der Waals surface area contributed by atoms with E-state index in [9.17, 15) is 0 Å². The first-order valence-corrected chi connectivity index (χ1v) is 9.35. The molecular formula is C19H26N4O3. The van der Waals surface area contributed by atoms with Crippen LogP contribution in [0.1, 0.15) is 30.7 Å². The maximum atomic E-state index is 5.91. The SMILES string of the molecule is Cc1cc(CN2CCC3(CCOC[C@H]3COc3cnccn3)CC2)no1. The Balaban J connectivity index is 1.35. The molecule has 7 nitrogen and oxygen atoms in total. The van der Waals surface area contributed by atoms with E-state index in [0.29, 0.717) is 23.8 Å². The van der Waals surface area contributed by atoms with Crippen molar-refractivity contribution in [3.05, 3.63) is 36.1 Å². The number of piperidine rings is 1. The Hall–Kier alpha value is -1.99. The van der Waals surface area contributed by atoms with Crippen LogP contribution in [0.5, 0.6) is 5.88 Å². The molecular weight excluding hydrogens is 332 g/mol. The van der Waals surface area contributed by atoms with Crippen molar-refractivity contribution in [2.45, 2.75) is 32.7 Å². The van der Waals surface area contributed by atoms with Crippen LogP contribution in [-0.4, -0.2) is 52.9 Å². The zero-order valence-corrected chi connectivity index (χ0v) is 15.3. The Labute approximate surface area is 153 Å². The zero-order valence-electron chi connectivity index (χ0n) is 15.3. The highest BCUT2D eigenvalue weighted by Crippen LogP contribution is 2.45. The molecule has 0 radical (unpaired) electrons. The number of hydrogen-bond donors (Lipinski definition) is 0. The fourth-order valence-corrected chi connectivity index (χ4v) is 4.19. The van der Waals surface area contributed by atoms with Gasteiger partial charge in [-0.05, 0) is 44.7 Å². The second kappa shape index (κ2) is 7.72. The third kappa shape index (κ3) is 3.88. The molecule has 2 aromatic heterocycles. The highest BCUT2D eigenvalue weighted by atomic mass is 16.5. The van der Waals surface area contributed by atoms with Crippen molar-refractivity contribution in [3.8, 4) is 5.88 Å². The molecule has 7 heteroatoms. The predicted molar refractivity (Wildman–Crippen MR) is 94.6 cm³/mol. The van der Waals surface area contributed by atoms with E-state index in [-0.39, 0.29) is 0 Å². The molecule has 2 saturated heterocycles. The van der Waals surface area contributed by atoms with Gasteiger partial charge in [0.05, 0.1) is 25.1 Å². The lowest BCUT2D eigenvalue weighted by Crippen LogP contribution is -2.49. The Morgan fingerprint density at radius 1 is 1.27 bits per heavy atom. The van der Waals surface area contributed by atoms with Crippen molar-refractivity contribution in [2.24, 2.45) is 11.3 Å². The Morgan fingerprint density at radius 3 is 2.88 bits per heavy atom. The molecule has 0 N–H and O–H groups in total. The topological polar surface area (TPSA) is 73.5 Å². The molecule has 0 aromatic carbocycles. The van der Waals surface area contributed by atoms with E-state index in [1.54, 1.807) is 18.6 Å². The van der Waals surface area contributed by atoms with Crippen molar-refractivity contribution >= 4 is 0 Å². The molecule has 0 unspecified atom stereocenters. The number of aromatic nitrogens is 3. The molecule has 2 fully saturated rings. The van der Waals surface area contributed by atoms with Crippen LogP contribution in [0.25, 0.3) is 0 Å². The summed E-state index contributed by atoms with van der Waals surface area (Å²) in [5.41, 5.74) is 1.32. The average molecular weight is 358 g/mol. The van der Waals surface area contributed by atoms with E-state index < -0.39 is 0 Å². The number of aryl methyl sites for hydroxylation is 1. The van der Waals surface area contributed by atoms with Gasteiger partial charge < -0.3 is 14.0 Å². The van der Waals surface area contributed by atoms with Gasteiger partial charge in [0.1, 0.15) is 5.76 Å². The summed E-state index contributed by atoms with van der Waals surface area (Å²) < 4.78 is 16.9. The summed E-state index contributed by atoms with van der Waals surface area (Å²) in [6.07, 6.45) is 8.43. The second-order valence-electron chi connectivity index (χ2n) is 7.44. The minimum atomic E-state index is 0.302. The van der Waals surface area contributed by atoms with Crippen molar-refractivity contribution in [3.63, 3.8) is 0 Å². The quantitative estimate of drug-likeness (QED) is 0.813. The third-order valence-corrected chi connectivity index (χ3v) is 5.82. The van der Waals surface area contributed by atoms with Crippen LogP contribution in [-0.2, 0) is 11.3 Å². The van der Waals surface area contributed by atoms with Crippen LogP contribution in [0.15, 0.2) is 29.2 Å². The third-order valence-electron chi connectivity index (χ3n) is 5.82. The first-order valence-electron chi connectivity index (χ1n) is 9.35. The molecule has 2 aliphatic heterocycles. The minimum absolute atomic E-state index is 0.302. The number of hydrogen-bond acceptors (Lipinski definition) is 7. The van der Waals surface area contributed by atoms with E-state index in [1.807, 2.05) is 13.0 Å². The van der Waals surface area contributed by atoms with E-state index in [1.165, 1.54) is 12.8 Å². The van der Waals surface area contributed by atoms with E-state index in [0.717, 1.165) is 50.7 Å². The van der Waals surface area contributed by atoms with Crippen LogP contribution in [0.3, 0.4) is 0 Å². The highest BCUT2D eigenvalue weighted by molar-refractivity contribution is 5.05. The Morgan fingerprint density at radius 2 is 2.15 bits per heavy atom. The molecule has 0 bridgehead atoms. The van der Waals surface area contributed by atoms with Crippen LogP contribution in [0.4, 0.5) is 0 Å². The molecule has 26 heavy (non-hydrogen) atoms. The van der Waals surface area contributed by atoms with E-state index in [4.69, 9.17) is 14.0 Å². The smallest absolute Gasteiger partial charge is 0.232 e. The second-order valence-corrected chi connectivity index (χ2v) is 7.44. The standard InChI is InChI=1S/C19H26N4O3/c1-15-10-17(22-26-15)12-23-7-2-19(3-8-23)4-9-24-13-16(19)14-25-18-11-20-5-6-21-18/h5-6,10-11,16H,2-4,7-9,12-14H2,1H3/t16-/m0/s1. The van der Waals surface area contributed by atoms with Gasteiger partial charge >= 0.3 is 0 Å². The predicted octanol–water partition coefficient (Wildman–Crippen LogP) is 2.47. The fraction of sp³-hybridized carbons (Fsp3) is 0.632. The van der Waals surface area contributed by atoms with Crippen LogP contribution in [0, 0.1) is 18.3 Å². The van der Waals surface area contributed by atoms with Crippen LogP contribution in [0.2, 0.25) is 0 Å². The minimum Gasteiger partial charge on any atom is -0.476 e. The van der Waals surface area contributed by atoms with Gasteiger partial charge in [0, 0.05) is 37.5 Å². The lowest BCUT2D eigenvalue weighted by molar-refractivity contribution is -0.0869. The maximum absolute atomic E-state index is 5.91. The summed E-state index contributed by atoms with van der Waals surface area (Å²) in [6, 6.07) is 2.02. The number of nitrogens with zero attached hydrogens (tertiary/aromatic N) is 4. The molecule has 0 amide bonds. The lowest BCUT2D eigenvalue weighted by atomic mass is 9.66. The molecule has 2 aliphatic rings. The van der Waals surface area contributed by atoms with E-state index in [2.05, 4.69) is 20.0 Å². The number of rotatable bonds is 5. The summed E-state index contributed by atoms with van der Waals surface area (Å²) in [7, 11) is 0. The maximum Gasteiger partial charge on any atom is 0.232 e. The fourth-order valence-electron chi connectivity index (χ4n) is 4.19. The molecule has 4 heterocycles. The average Bonchev–Trinajstić information content (AvgIpc) is 3.09. The van der Waals surface area contributed by atoms with Crippen molar-refractivity contribution in [1.82, 2.24) is 20.0 Å². The lowest BCUT2D eigenvalue weighted by Gasteiger charge is -2.48. The number of ether oxygens (including phenoxy) is 2. The van der Waals surface area contributed by atoms with Gasteiger partial charge in [-0.25, -0.2) is 4.98 Å². The first-order chi connectivity index (χ1) is 12.7. The largest absolute Gasteiger partial charge is 0.476 e. The van der Waals surface area contributed by atoms with Gasteiger partial charge in [-0.3, -0.25) is 9.88 Å². The summed E-state index contributed by atoms with van der Waals surface area (Å²) in [6.45, 7) is 7.21. The monoisotopic (exact) mass is 358 g/mol. The molecule has 0 saturated carbocycles. The summed E-state index contributed by atoms with van der Waals surface area (Å²) in [5.74, 6) is 1.86. The van der Waals surface area contributed by atoms with Gasteiger partial charge in [-0.15, -0.1) is 0 Å². The molecule has 4 rings (SSSR count). The molecule has 0 aliphatic carbocycles. The van der Waals surface area contributed by atoms with Gasteiger partial charge in [0.25, 0.3) is 0 Å². The van der Waals surface area contributed by atoms with Crippen molar-refractivity contribution in [1.29, 1.82) is 0 Å². The zero-order chi connectivity index (χ0) is 17.8. The first kappa shape index (κ1) is 17.4. The molecule has 1 atom stereocenters. The van der Waals surface area contributed by atoms with Crippen molar-refractivity contribution in [2.75, 3.05) is 32.9 Å². The van der Waals surface area contributed by atoms with E-state index >= 15 is 0 Å². The highest BCUT2D eigenvalue weighted by Gasteiger charge is 2.43. The summed E-state index contributed by atoms with van der Waals surface area (Å²) >= 11 is 0. The van der Waals surface area contributed by atoms with Crippen molar-refractivity contribution < 1.29 is 14.0 Å². The Bertz CT molecular complexity index is 698. The van der Waals surface area contributed by atoms with Crippen LogP contribution < -0.4 is 4.74 Å². The molecule has 140 valence electrons. The van der Waals surface area contributed by atoms with Gasteiger partial charge in [-0.2, -0.15) is 0 Å². The van der Waals surface area contributed by atoms with Gasteiger partial charge in [0.15, 0.2) is 0 Å². The molecule has 2 aromatic rings. The molecule has 1 spiro atoms. The summed E-state index contributed by atoms with van der Waals surface area (Å²) in [5, 5.41) is 4.12. The van der Waals surface area contributed by atoms with Gasteiger partial charge in [0.2, 0.25) is 5.88 Å². The normalized spacial score (nSPS) is 23.2. The van der Waals surface area contributed by atoms with Crippen LogP contribution >= 0.6 is 0 Å². The Kier molecular flexibility index (Phi) is 5.17. The van der Waals surface area contributed by atoms with Gasteiger partial charge in [-0.1, -0.05) is 5.16 Å². The number of likely N-dealkylation sites (tertiary alicyclic amines) is 1.